The topological polar surface area (TPSA) is 55.1 Å². The molecule has 0 unspecified atom stereocenters. The van der Waals surface area contributed by atoms with Crippen LogP contribution in [0.1, 0.15) is 21.7 Å². The largest absolute Gasteiger partial charge is 0.476 e. The number of carboxylic acid groups (broad SMARTS) is 1. The molecular weight excluding hydrogens is 261 g/mol. The number of carboxylic acids is 1. The molecule has 100 valence electrons. The van der Waals surface area contributed by atoms with Gasteiger partial charge in [-0.25, -0.2) is 9.48 Å². The molecule has 1 N–H and O–H groups in total. The normalized spacial score (nSPS) is 11.6. The highest BCUT2D eigenvalue weighted by Gasteiger charge is 2.34. The molecule has 0 atom stereocenters. The van der Waals surface area contributed by atoms with E-state index < -0.39 is 17.7 Å². The number of nitrogens with zero attached hydrogens (tertiary/aromatic N) is 2. The van der Waals surface area contributed by atoms with Gasteiger partial charge in [-0.15, -0.1) is 0 Å². The van der Waals surface area contributed by atoms with Gasteiger partial charge in [-0.1, -0.05) is 12.1 Å². The Morgan fingerprint density at radius 3 is 2.47 bits per heavy atom. The molecule has 0 bridgehead atoms. The van der Waals surface area contributed by atoms with Crippen LogP contribution in [0.3, 0.4) is 0 Å². The van der Waals surface area contributed by atoms with Gasteiger partial charge in [0.25, 0.3) is 0 Å². The fourth-order valence-electron chi connectivity index (χ4n) is 1.72. The molecule has 4 nitrogen and oxygen atoms in total. The van der Waals surface area contributed by atoms with Crippen LogP contribution < -0.4 is 0 Å². The third-order valence-electron chi connectivity index (χ3n) is 2.54. The van der Waals surface area contributed by atoms with Crippen molar-refractivity contribution in [2.75, 3.05) is 0 Å². The number of aromatic carboxylic acids is 1. The smallest absolute Gasteiger partial charge is 0.418 e. The first-order chi connectivity index (χ1) is 8.80. The van der Waals surface area contributed by atoms with Gasteiger partial charge < -0.3 is 5.11 Å². The molecule has 1 heterocycles. The molecule has 0 saturated heterocycles. The number of hydrogen-bond acceptors (Lipinski definition) is 2. The number of benzene rings is 1. The molecule has 1 aromatic carbocycles. The average molecular weight is 270 g/mol. The summed E-state index contributed by atoms with van der Waals surface area (Å²) in [5.41, 5.74) is -1.04. The minimum Gasteiger partial charge on any atom is -0.476 e. The molecule has 0 aliphatic heterocycles. The molecule has 0 amide bonds. The maximum Gasteiger partial charge on any atom is 0.418 e. The Kier molecular flexibility index (Phi) is 3.05. The van der Waals surface area contributed by atoms with Crippen molar-refractivity contribution in [3.05, 3.63) is 47.3 Å². The van der Waals surface area contributed by atoms with E-state index in [0.29, 0.717) is 5.69 Å². The Morgan fingerprint density at radius 2 is 1.95 bits per heavy atom. The molecule has 0 aliphatic carbocycles. The van der Waals surface area contributed by atoms with Gasteiger partial charge in [-0.2, -0.15) is 18.3 Å². The summed E-state index contributed by atoms with van der Waals surface area (Å²) in [5.74, 6) is -1.29. The van der Waals surface area contributed by atoms with Crippen LogP contribution in [0.5, 0.6) is 0 Å². The molecule has 2 rings (SSSR count). The Balaban J connectivity index is 2.63. The zero-order chi connectivity index (χ0) is 14.2. The maximum absolute atomic E-state index is 12.9. The lowest BCUT2D eigenvalue weighted by Gasteiger charge is -2.13. The van der Waals surface area contributed by atoms with Gasteiger partial charge in [0.05, 0.1) is 11.3 Å². The summed E-state index contributed by atoms with van der Waals surface area (Å²) in [5, 5.41) is 12.5. The summed E-state index contributed by atoms with van der Waals surface area (Å²) in [4.78, 5) is 10.8. The van der Waals surface area contributed by atoms with Crippen molar-refractivity contribution < 1.29 is 23.1 Å². The van der Waals surface area contributed by atoms with Crippen molar-refractivity contribution in [1.29, 1.82) is 0 Å². The predicted molar refractivity (Wildman–Crippen MR) is 60.3 cm³/mol. The van der Waals surface area contributed by atoms with Gasteiger partial charge in [0.15, 0.2) is 5.69 Å². The van der Waals surface area contributed by atoms with Gasteiger partial charge in [-0.3, -0.25) is 0 Å². The molecule has 0 aliphatic rings. The second-order valence-electron chi connectivity index (χ2n) is 3.90. The number of para-hydroxylation sites is 1. The van der Waals surface area contributed by atoms with E-state index in [1.165, 1.54) is 31.2 Å². The summed E-state index contributed by atoms with van der Waals surface area (Å²) in [6.07, 6.45) is -4.53. The van der Waals surface area contributed by atoms with Crippen LogP contribution in [0.25, 0.3) is 5.69 Å². The molecule has 0 fully saturated rings. The first-order valence-corrected chi connectivity index (χ1v) is 5.27. The zero-order valence-corrected chi connectivity index (χ0v) is 9.77. The number of rotatable bonds is 2. The average Bonchev–Trinajstić information content (AvgIpc) is 2.70. The highest BCUT2D eigenvalue weighted by atomic mass is 19.4. The second kappa shape index (κ2) is 4.42. The highest BCUT2D eigenvalue weighted by Crippen LogP contribution is 2.33. The van der Waals surface area contributed by atoms with E-state index in [1.807, 2.05) is 0 Å². The van der Waals surface area contributed by atoms with E-state index >= 15 is 0 Å². The summed E-state index contributed by atoms with van der Waals surface area (Å²) in [7, 11) is 0. The van der Waals surface area contributed by atoms with Crippen LogP contribution >= 0.6 is 0 Å². The monoisotopic (exact) mass is 270 g/mol. The number of aryl methyl sites for hydroxylation is 1. The molecule has 2 aromatic rings. The molecule has 0 spiro atoms. The Bertz CT molecular complexity index is 632. The molecule has 1 aromatic heterocycles. The summed E-state index contributed by atoms with van der Waals surface area (Å²) >= 11 is 0. The molecule has 0 saturated carbocycles. The van der Waals surface area contributed by atoms with E-state index in [4.69, 9.17) is 5.11 Å². The van der Waals surface area contributed by atoms with Gasteiger partial charge in [0.2, 0.25) is 0 Å². The second-order valence-corrected chi connectivity index (χ2v) is 3.90. The quantitative estimate of drug-likeness (QED) is 0.912. The number of aromatic nitrogens is 2. The van der Waals surface area contributed by atoms with Crippen molar-refractivity contribution >= 4 is 5.97 Å². The van der Waals surface area contributed by atoms with E-state index in [-0.39, 0.29) is 11.4 Å². The standard InChI is InChI=1S/C12H9F3N2O2/c1-7-6-9(11(18)19)16-17(7)10-5-3-2-4-8(10)12(13,14)15/h2-6H,1H3,(H,18,19). The van der Waals surface area contributed by atoms with E-state index in [2.05, 4.69) is 5.10 Å². The number of halogens is 3. The van der Waals surface area contributed by atoms with Crippen molar-refractivity contribution in [2.45, 2.75) is 13.1 Å². The van der Waals surface area contributed by atoms with E-state index in [0.717, 1.165) is 10.7 Å². The Labute approximate surface area is 106 Å². The Hall–Kier alpha value is -2.31. The van der Waals surface area contributed by atoms with Crippen LogP contribution in [0.2, 0.25) is 0 Å². The van der Waals surface area contributed by atoms with E-state index in [9.17, 15) is 18.0 Å². The van der Waals surface area contributed by atoms with Crippen LogP contribution in [0.4, 0.5) is 13.2 Å². The third-order valence-corrected chi connectivity index (χ3v) is 2.54. The molecular formula is C12H9F3N2O2. The lowest BCUT2D eigenvalue weighted by molar-refractivity contribution is -0.137. The molecule has 19 heavy (non-hydrogen) atoms. The fraction of sp³-hybridized carbons (Fsp3) is 0.167. The van der Waals surface area contributed by atoms with Crippen LogP contribution in [-0.2, 0) is 6.18 Å². The lowest BCUT2D eigenvalue weighted by atomic mass is 10.1. The molecule has 7 heteroatoms. The van der Waals surface area contributed by atoms with Gasteiger partial charge in [-0.05, 0) is 25.1 Å². The Morgan fingerprint density at radius 1 is 1.32 bits per heavy atom. The van der Waals surface area contributed by atoms with Crippen molar-refractivity contribution in [3.8, 4) is 5.69 Å². The number of carbonyl (C=O) groups is 1. The highest BCUT2D eigenvalue weighted by molar-refractivity contribution is 5.85. The fourth-order valence-corrected chi connectivity index (χ4v) is 1.72. The summed E-state index contributed by atoms with van der Waals surface area (Å²) in [6, 6.07) is 6.09. The van der Waals surface area contributed by atoms with Crippen LogP contribution in [0.15, 0.2) is 30.3 Å². The van der Waals surface area contributed by atoms with Crippen molar-refractivity contribution in [2.24, 2.45) is 0 Å². The predicted octanol–water partition coefficient (Wildman–Crippen LogP) is 2.90. The first kappa shape index (κ1) is 13.1. The van der Waals surface area contributed by atoms with Gasteiger partial charge >= 0.3 is 12.1 Å². The maximum atomic E-state index is 12.9. The van der Waals surface area contributed by atoms with Crippen molar-refractivity contribution in [3.63, 3.8) is 0 Å². The minimum absolute atomic E-state index is 0.194. The first-order valence-electron chi connectivity index (χ1n) is 5.27. The zero-order valence-electron chi connectivity index (χ0n) is 9.77. The summed E-state index contributed by atoms with van der Waals surface area (Å²) in [6.45, 7) is 1.49. The summed E-state index contributed by atoms with van der Waals surface area (Å²) < 4.78 is 39.6. The van der Waals surface area contributed by atoms with E-state index in [1.54, 1.807) is 0 Å². The van der Waals surface area contributed by atoms with Crippen LogP contribution in [0, 0.1) is 6.92 Å². The molecule has 0 radical (unpaired) electrons. The minimum atomic E-state index is -4.53. The van der Waals surface area contributed by atoms with Crippen LogP contribution in [-0.4, -0.2) is 20.9 Å². The number of alkyl halides is 3. The SMILES string of the molecule is Cc1cc(C(=O)O)nn1-c1ccccc1C(F)(F)F. The lowest BCUT2D eigenvalue weighted by Crippen LogP contribution is -2.12. The van der Waals surface area contributed by atoms with Crippen molar-refractivity contribution in [1.82, 2.24) is 9.78 Å². The number of hydrogen-bond donors (Lipinski definition) is 1. The van der Waals surface area contributed by atoms with Gasteiger partial charge in [0, 0.05) is 5.69 Å². The van der Waals surface area contributed by atoms with Gasteiger partial charge in [0.1, 0.15) is 0 Å². The third kappa shape index (κ3) is 2.44.